The van der Waals surface area contributed by atoms with Crippen LogP contribution in [0, 0.1) is 13.8 Å². The zero-order valence-electron chi connectivity index (χ0n) is 19.4. The Bertz CT molecular complexity index is 1420. The van der Waals surface area contributed by atoms with E-state index in [-0.39, 0.29) is 5.91 Å². The number of amides is 1. The van der Waals surface area contributed by atoms with E-state index in [1.807, 2.05) is 53.4 Å². The van der Waals surface area contributed by atoms with Gasteiger partial charge in [-0.1, -0.05) is 102 Å². The summed E-state index contributed by atoms with van der Waals surface area (Å²) in [5, 5.41) is 0.749. The molecule has 0 aliphatic carbocycles. The number of anilines is 1. The minimum absolute atomic E-state index is 0.0461. The first-order valence-corrected chi connectivity index (χ1v) is 12.2. The number of aryl methyl sites for hydroxylation is 2. The fourth-order valence-corrected chi connectivity index (χ4v) is 5.26. The molecule has 168 valence electrons. The van der Waals surface area contributed by atoms with Gasteiger partial charge in [-0.2, -0.15) is 0 Å². The van der Waals surface area contributed by atoms with E-state index in [0.29, 0.717) is 13.0 Å². The number of carbonyl (C=O) groups is 1. The quantitative estimate of drug-likeness (QED) is 0.264. The Labute approximate surface area is 204 Å². The highest BCUT2D eigenvalue weighted by Crippen LogP contribution is 2.33. The number of hydrogen-bond donors (Lipinski definition) is 0. The molecule has 0 radical (unpaired) electrons. The monoisotopic (exact) mass is 462 g/mol. The van der Waals surface area contributed by atoms with Crippen molar-refractivity contribution >= 4 is 32.6 Å². The highest BCUT2D eigenvalue weighted by molar-refractivity contribution is 7.22. The fraction of sp³-hybridized carbons (Fsp3) is 0.133. The molecule has 34 heavy (non-hydrogen) atoms. The van der Waals surface area contributed by atoms with Gasteiger partial charge < -0.3 is 0 Å². The average molecular weight is 463 g/mol. The largest absolute Gasteiger partial charge is 0.283 e. The molecule has 0 bridgehead atoms. The van der Waals surface area contributed by atoms with Crippen molar-refractivity contribution in [1.29, 1.82) is 0 Å². The molecule has 0 spiro atoms. The van der Waals surface area contributed by atoms with Gasteiger partial charge in [-0.05, 0) is 53.3 Å². The summed E-state index contributed by atoms with van der Waals surface area (Å²) in [7, 11) is 0. The zero-order valence-corrected chi connectivity index (χ0v) is 20.2. The number of nitrogens with zero attached hydrogens (tertiary/aromatic N) is 2. The molecule has 0 unspecified atom stereocenters. The first-order chi connectivity index (χ1) is 16.6. The maximum absolute atomic E-state index is 13.6. The lowest BCUT2D eigenvalue weighted by atomic mass is 10.0. The summed E-state index contributed by atoms with van der Waals surface area (Å²) in [5.74, 6) is 0.0461. The normalized spacial score (nSPS) is 11.0. The summed E-state index contributed by atoms with van der Waals surface area (Å²) < 4.78 is 1.14. The Morgan fingerprint density at radius 2 is 1.44 bits per heavy atom. The third-order valence-corrected chi connectivity index (χ3v) is 7.17. The summed E-state index contributed by atoms with van der Waals surface area (Å²) in [6, 6.07) is 32.9. The first-order valence-electron chi connectivity index (χ1n) is 11.4. The van der Waals surface area contributed by atoms with Gasteiger partial charge in [0.15, 0.2) is 5.13 Å². The molecule has 0 N–H and O–H groups in total. The van der Waals surface area contributed by atoms with Crippen LogP contribution in [0.25, 0.3) is 21.3 Å². The summed E-state index contributed by atoms with van der Waals surface area (Å²) in [6.07, 6.45) is 0.329. The molecule has 0 fully saturated rings. The minimum atomic E-state index is 0.0461. The Kier molecular flexibility index (Phi) is 6.24. The lowest BCUT2D eigenvalue weighted by Crippen LogP contribution is -2.31. The van der Waals surface area contributed by atoms with Crippen molar-refractivity contribution in [2.24, 2.45) is 0 Å². The molecular weight excluding hydrogens is 436 g/mol. The number of aromatic nitrogens is 1. The van der Waals surface area contributed by atoms with Crippen LogP contribution in [-0.2, 0) is 17.8 Å². The van der Waals surface area contributed by atoms with Gasteiger partial charge in [0.1, 0.15) is 0 Å². The van der Waals surface area contributed by atoms with E-state index < -0.39 is 0 Å². The van der Waals surface area contributed by atoms with Crippen LogP contribution in [0.15, 0.2) is 97.1 Å². The summed E-state index contributed by atoms with van der Waals surface area (Å²) >= 11 is 1.59. The predicted octanol–water partition coefficient (Wildman–Crippen LogP) is 7.36. The Morgan fingerprint density at radius 3 is 2.15 bits per heavy atom. The molecule has 4 aromatic carbocycles. The first kappa shape index (κ1) is 22.1. The van der Waals surface area contributed by atoms with E-state index >= 15 is 0 Å². The molecule has 5 aromatic rings. The van der Waals surface area contributed by atoms with Gasteiger partial charge >= 0.3 is 0 Å². The van der Waals surface area contributed by atoms with Crippen LogP contribution in [0.2, 0.25) is 0 Å². The summed E-state index contributed by atoms with van der Waals surface area (Å²) in [6.45, 7) is 4.69. The van der Waals surface area contributed by atoms with Crippen LogP contribution >= 0.6 is 11.3 Å². The highest BCUT2D eigenvalue weighted by atomic mass is 32.1. The van der Waals surface area contributed by atoms with Crippen molar-refractivity contribution in [3.05, 3.63) is 119 Å². The maximum Gasteiger partial charge on any atom is 0.233 e. The molecule has 0 atom stereocenters. The molecule has 3 nitrogen and oxygen atoms in total. The SMILES string of the molecule is Cc1cc(C)c2sc(N(Cc3ccccc3)C(=O)Cc3ccc(-c4ccccc4)cc3)nc2c1. The van der Waals surface area contributed by atoms with E-state index in [1.54, 1.807) is 11.3 Å². The van der Waals surface area contributed by atoms with Gasteiger partial charge in [-0.15, -0.1) is 0 Å². The molecule has 1 amide bonds. The minimum Gasteiger partial charge on any atom is -0.283 e. The zero-order chi connectivity index (χ0) is 23.5. The molecule has 5 rings (SSSR count). The van der Waals surface area contributed by atoms with E-state index in [4.69, 9.17) is 4.98 Å². The van der Waals surface area contributed by atoms with Crippen molar-refractivity contribution in [2.45, 2.75) is 26.8 Å². The Balaban J connectivity index is 1.44. The van der Waals surface area contributed by atoms with Crippen molar-refractivity contribution in [1.82, 2.24) is 4.98 Å². The molecule has 1 heterocycles. The van der Waals surface area contributed by atoms with Crippen molar-refractivity contribution < 1.29 is 4.79 Å². The molecular formula is C30H26N2OS. The topological polar surface area (TPSA) is 33.2 Å². The number of thiazole rings is 1. The fourth-order valence-electron chi connectivity index (χ4n) is 4.22. The number of fused-ring (bicyclic) bond motifs is 1. The number of benzene rings is 4. The number of carbonyl (C=O) groups excluding carboxylic acids is 1. The molecule has 1 aromatic heterocycles. The smallest absolute Gasteiger partial charge is 0.233 e. The van der Waals surface area contributed by atoms with Crippen LogP contribution in [-0.4, -0.2) is 10.9 Å². The van der Waals surface area contributed by atoms with Gasteiger partial charge in [0.2, 0.25) is 5.91 Å². The number of rotatable bonds is 6. The van der Waals surface area contributed by atoms with Crippen molar-refractivity contribution in [3.63, 3.8) is 0 Å². The second-order valence-corrected chi connectivity index (χ2v) is 9.61. The molecule has 4 heteroatoms. The summed E-state index contributed by atoms with van der Waals surface area (Å²) in [5.41, 5.74) is 7.73. The highest BCUT2D eigenvalue weighted by Gasteiger charge is 2.21. The average Bonchev–Trinajstić information content (AvgIpc) is 3.28. The third kappa shape index (κ3) is 4.78. The van der Waals surface area contributed by atoms with Gasteiger partial charge in [0, 0.05) is 0 Å². The van der Waals surface area contributed by atoms with E-state index in [2.05, 4.69) is 62.4 Å². The number of hydrogen-bond acceptors (Lipinski definition) is 3. The van der Waals surface area contributed by atoms with Gasteiger partial charge in [-0.25, -0.2) is 4.98 Å². The van der Waals surface area contributed by atoms with Crippen molar-refractivity contribution in [3.8, 4) is 11.1 Å². The lowest BCUT2D eigenvalue weighted by molar-refractivity contribution is -0.118. The molecule has 0 aliphatic rings. The van der Waals surface area contributed by atoms with Crippen LogP contribution in [0.5, 0.6) is 0 Å². The van der Waals surface area contributed by atoms with Gasteiger partial charge in [-0.3, -0.25) is 9.69 Å². The summed E-state index contributed by atoms with van der Waals surface area (Å²) in [4.78, 5) is 20.3. The second-order valence-electron chi connectivity index (χ2n) is 8.63. The van der Waals surface area contributed by atoms with E-state index in [9.17, 15) is 4.79 Å². The van der Waals surface area contributed by atoms with Gasteiger partial charge in [0.25, 0.3) is 0 Å². The predicted molar refractivity (Wildman–Crippen MR) is 142 cm³/mol. The molecule has 0 saturated heterocycles. The Morgan fingerprint density at radius 1 is 0.794 bits per heavy atom. The van der Waals surface area contributed by atoms with E-state index in [0.717, 1.165) is 32.0 Å². The maximum atomic E-state index is 13.6. The molecule has 0 saturated carbocycles. The van der Waals surface area contributed by atoms with Crippen LogP contribution in [0.4, 0.5) is 5.13 Å². The third-order valence-electron chi connectivity index (χ3n) is 5.94. The van der Waals surface area contributed by atoms with Gasteiger partial charge in [0.05, 0.1) is 23.2 Å². The Hall–Kier alpha value is -3.76. The van der Waals surface area contributed by atoms with Crippen LogP contribution < -0.4 is 4.90 Å². The second kappa shape index (κ2) is 9.62. The van der Waals surface area contributed by atoms with Crippen LogP contribution in [0.1, 0.15) is 22.3 Å². The van der Waals surface area contributed by atoms with E-state index in [1.165, 1.54) is 16.7 Å². The van der Waals surface area contributed by atoms with Crippen molar-refractivity contribution in [2.75, 3.05) is 4.90 Å². The van der Waals surface area contributed by atoms with Crippen LogP contribution in [0.3, 0.4) is 0 Å². The lowest BCUT2D eigenvalue weighted by Gasteiger charge is -2.20. The standard InChI is InChI=1S/C30H26N2OS/c1-21-17-22(2)29-27(18-21)31-30(34-29)32(20-24-9-5-3-6-10-24)28(33)19-23-13-15-26(16-14-23)25-11-7-4-8-12-25/h3-18H,19-20H2,1-2H3. The molecule has 0 aliphatic heterocycles.